The van der Waals surface area contributed by atoms with Crippen LogP contribution in [0.2, 0.25) is 0 Å². The number of anilines is 2. The van der Waals surface area contributed by atoms with E-state index in [1.807, 2.05) is 0 Å². The number of hydrogen-bond acceptors (Lipinski definition) is 6. The maximum absolute atomic E-state index is 15.1. The summed E-state index contributed by atoms with van der Waals surface area (Å²) in [5.41, 5.74) is -1.85. The summed E-state index contributed by atoms with van der Waals surface area (Å²) in [5.74, 6) is -4.58. The number of hydrogen-bond donors (Lipinski definition) is 3. The quantitative estimate of drug-likeness (QED) is 0.300. The van der Waals surface area contributed by atoms with Crippen molar-refractivity contribution in [1.82, 2.24) is 15.0 Å². The molecule has 0 radical (unpaired) electrons. The number of H-pyrrole nitrogens is 1. The van der Waals surface area contributed by atoms with Gasteiger partial charge in [-0.05, 0) is 30.9 Å². The predicted molar refractivity (Wildman–Crippen MR) is 113 cm³/mol. The third-order valence-corrected chi connectivity index (χ3v) is 6.48. The Morgan fingerprint density at radius 3 is 2.59 bits per heavy atom. The number of carbonyl (C=O) groups is 1. The number of sulfonamides is 1. The number of benzene rings is 1. The second kappa shape index (κ2) is 8.81. The molecule has 0 bridgehead atoms. The summed E-state index contributed by atoms with van der Waals surface area (Å²) in [7, 11) is -4.63. The zero-order valence-corrected chi connectivity index (χ0v) is 18.2. The van der Waals surface area contributed by atoms with Crippen molar-refractivity contribution in [3.8, 4) is 0 Å². The van der Waals surface area contributed by atoms with Crippen molar-refractivity contribution in [3.63, 3.8) is 0 Å². The molecule has 2 aromatic heterocycles. The number of nitrogens with one attached hydrogen (secondary N) is 3. The van der Waals surface area contributed by atoms with Gasteiger partial charge in [-0.1, -0.05) is 0 Å². The van der Waals surface area contributed by atoms with Crippen LogP contribution in [0.25, 0.3) is 11.0 Å². The molecule has 3 N–H and O–H groups in total. The monoisotopic (exact) mass is 503 g/mol. The Morgan fingerprint density at radius 2 is 1.91 bits per heavy atom. The molecular formula is C20H18F5N5O3S. The van der Waals surface area contributed by atoms with E-state index in [1.165, 1.54) is 12.5 Å². The first-order chi connectivity index (χ1) is 16.0. The van der Waals surface area contributed by atoms with E-state index in [4.69, 9.17) is 0 Å². The molecule has 3 aromatic rings. The minimum Gasteiger partial charge on any atom is -0.369 e. The van der Waals surface area contributed by atoms with Gasteiger partial charge in [0.25, 0.3) is 0 Å². The first-order valence-corrected chi connectivity index (χ1v) is 11.8. The van der Waals surface area contributed by atoms with Gasteiger partial charge >= 0.3 is 6.18 Å². The van der Waals surface area contributed by atoms with Crippen molar-refractivity contribution in [1.29, 1.82) is 0 Å². The summed E-state index contributed by atoms with van der Waals surface area (Å²) in [4.78, 5) is 24.0. The number of halogens is 5. The minimum absolute atomic E-state index is 0.163. The Labute approximate surface area is 190 Å². The minimum atomic E-state index is -4.75. The molecule has 0 aliphatic heterocycles. The van der Waals surface area contributed by atoms with Gasteiger partial charge in [0.1, 0.15) is 23.6 Å². The van der Waals surface area contributed by atoms with Crippen LogP contribution < -0.4 is 10.0 Å². The molecule has 2 heterocycles. The van der Waals surface area contributed by atoms with Crippen molar-refractivity contribution >= 4 is 38.3 Å². The van der Waals surface area contributed by atoms with Gasteiger partial charge in [0, 0.05) is 12.7 Å². The van der Waals surface area contributed by atoms with Gasteiger partial charge in [0.2, 0.25) is 15.8 Å². The second-order valence-corrected chi connectivity index (χ2v) is 9.71. The Kier molecular flexibility index (Phi) is 6.18. The van der Waals surface area contributed by atoms with Gasteiger partial charge in [-0.25, -0.2) is 27.2 Å². The molecule has 182 valence electrons. The highest BCUT2D eigenvalue weighted by Gasteiger charge is 2.31. The molecule has 8 nitrogen and oxygen atoms in total. The molecule has 1 fully saturated rings. The lowest BCUT2D eigenvalue weighted by atomic mass is 10.0. The Morgan fingerprint density at radius 1 is 1.18 bits per heavy atom. The molecule has 1 aliphatic carbocycles. The standard InChI is InChI=1S/C20H18F5N5O3S/c21-12-3-4-13(30-34(32,33)6-5-20(23,24)25)16(22)15(12)17(31)11-8-27-19-14(11)18(28-9-29-19)26-7-10-1-2-10/h3-4,8-10,30H,1-2,5-7H2,(H2,26,27,28,29). The molecule has 1 aliphatic rings. The third-order valence-electron chi connectivity index (χ3n) is 5.21. The van der Waals surface area contributed by atoms with Gasteiger partial charge in [-0.15, -0.1) is 0 Å². The lowest BCUT2D eigenvalue weighted by molar-refractivity contribution is -0.129. The van der Waals surface area contributed by atoms with E-state index in [9.17, 15) is 30.8 Å². The van der Waals surface area contributed by atoms with Crippen LogP contribution in [0.15, 0.2) is 24.7 Å². The zero-order valence-electron chi connectivity index (χ0n) is 17.3. The van der Waals surface area contributed by atoms with Crippen molar-refractivity contribution in [3.05, 3.63) is 47.4 Å². The molecule has 0 spiro atoms. The number of ketones is 1. The molecule has 34 heavy (non-hydrogen) atoms. The first kappa shape index (κ1) is 23.9. The average Bonchev–Trinajstić information content (AvgIpc) is 3.49. The highest BCUT2D eigenvalue weighted by atomic mass is 32.2. The topological polar surface area (TPSA) is 117 Å². The second-order valence-electron chi connectivity index (χ2n) is 7.87. The molecule has 1 aromatic carbocycles. The van der Waals surface area contributed by atoms with E-state index < -0.39 is 57.0 Å². The SMILES string of the molecule is O=C(c1c(F)ccc(NS(=O)(=O)CCC(F)(F)F)c1F)c1c[nH]c2ncnc(NCC3CC3)c12. The van der Waals surface area contributed by atoms with Crippen molar-refractivity contribution < 1.29 is 35.2 Å². The highest BCUT2D eigenvalue weighted by Crippen LogP contribution is 2.32. The normalized spacial score (nSPS) is 14.4. The van der Waals surface area contributed by atoms with Gasteiger partial charge in [0.05, 0.1) is 34.4 Å². The van der Waals surface area contributed by atoms with Crippen LogP contribution in [0.5, 0.6) is 0 Å². The first-order valence-electron chi connectivity index (χ1n) is 10.1. The number of fused-ring (bicyclic) bond motifs is 1. The molecule has 0 atom stereocenters. The number of nitrogens with zero attached hydrogens (tertiary/aromatic N) is 2. The van der Waals surface area contributed by atoms with Crippen LogP contribution in [0.1, 0.15) is 35.2 Å². The van der Waals surface area contributed by atoms with Gasteiger partial charge in [-0.2, -0.15) is 13.2 Å². The van der Waals surface area contributed by atoms with E-state index in [1.54, 1.807) is 4.72 Å². The molecular weight excluding hydrogens is 485 g/mol. The van der Waals surface area contributed by atoms with Crippen LogP contribution in [0.4, 0.5) is 33.5 Å². The molecule has 4 rings (SSSR count). The molecule has 0 unspecified atom stereocenters. The fraction of sp³-hybridized carbons (Fsp3) is 0.350. The van der Waals surface area contributed by atoms with E-state index in [0.717, 1.165) is 12.8 Å². The molecule has 14 heteroatoms. The third kappa shape index (κ3) is 5.26. The van der Waals surface area contributed by atoms with Crippen LogP contribution in [-0.4, -0.2) is 47.6 Å². The lowest BCUT2D eigenvalue weighted by Gasteiger charge is -2.13. The number of aromatic amines is 1. The number of carbonyl (C=O) groups excluding carboxylic acids is 1. The van der Waals surface area contributed by atoms with Crippen molar-refractivity contribution in [2.24, 2.45) is 5.92 Å². The predicted octanol–water partition coefficient (Wildman–Crippen LogP) is 3.98. The maximum atomic E-state index is 15.1. The number of aromatic nitrogens is 3. The Balaban J connectivity index is 1.67. The largest absolute Gasteiger partial charge is 0.390 e. The maximum Gasteiger partial charge on any atom is 0.390 e. The van der Waals surface area contributed by atoms with Gasteiger partial charge < -0.3 is 10.3 Å². The zero-order chi connectivity index (χ0) is 24.7. The van der Waals surface area contributed by atoms with Gasteiger partial charge in [-0.3, -0.25) is 9.52 Å². The van der Waals surface area contributed by atoms with Crippen LogP contribution in [-0.2, 0) is 10.0 Å². The number of alkyl halides is 3. The number of rotatable bonds is 9. The van der Waals surface area contributed by atoms with E-state index in [-0.39, 0.29) is 22.4 Å². The van der Waals surface area contributed by atoms with Crippen LogP contribution in [0, 0.1) is 17.6 Å². The Bertz CT molecular complexity index is 1350. The summed E-state index contributed by atoms with van der Waals surface area (Å²) in [5, 5.41) is 3.28. The summed E-state index contributed by atoms with van der Waals surface area (Å²) < 4.78 is 92.3. The summed E-state index contributed by atoms with van der Waals surface area (Å²) in [6.07, 6.45) is -1.88. The molecule has 1 saturated carbocycles. The van der Waals surface area contributed by atoms with E-state index in [2.05, 4.69) is 20.3 Å². The van der Waals surface area contributed by atoms with Crippen molar-refractivity contribution in [2.75, 3.05) is 22.3 Å². The lowest BCUT2D eigenvalue weighted by Crippen LogP contribution is -2.23. The van der Waals surface area contributed by atoms with Crippen molar-refractivity contribution in [2.45, 2.75) is 25.4 Å². The average molecular weight is 503 g/mol. The van der Waals surface area contributed by atoms with Crippen LogP contribution in [0.3, 0.4) is 0 Å². The summed E-state index contributed by atoms with van der Waals surface area (Å²) in [6, 6.07) is 1.34. The molecule has 0 saturated heterocycles. The fourth-order valence-corrected chi connectivity index (χ4v) is 4.38. The van der Waals surface area contributed by atoms with Crippen LogP contribution >= 0.6 is 0 Å². The fourth-order valence-electron chi connectivity index (χ4n) is 3.28. The highest BCUT2D eigenvalue weighted by molar-refractivity contribution is 7.92. The van der Waals surface area contributed by atoms with E-state index in [0.29, 0.717) is 24.6 Å². The van der Waals surface area contributed by atoms with Gasteiger partial charge in [0.15, 0.2) is 5.82 Å². The summed E-state index contributed by atoms with van der Waals surface area (Å²) in [6.45, 7) is 0.586. The summed E-state index contributed by atoms with van der Waals surface area (Å²) >= 11 is 0. The smallest absolute Gasteiger partial charge is 0.369 e. The molecule has 0 amide bonds. The Hall–Kier alpha value is -3.29. The van der Waals surface area contributed by atoms with E-state index >= 15 is 4.39 Å².